The molecular formula is C17H16N2S. The van der Waals surface area contributed by atoms with Crippen LogP contribution in [0.5, 0.6) is 0 Å². The second-order valence-electron chi connectivity index (χ2n) is 5.47. The molecule has 2 N–H and O–H groups in total. The monoisotopic (exact) mass is 280 g/mol. The fraction of sp³-hybridized carbons (Fsp3) is 0.235. The summed E-state index contributed by atoms with van der Waals surface area (Å²) in [7, 11) is 0. The van der Waals surface area contributed by atoms with Crippen LogP contribution in [-0.4, -0.2) is 4.98 Å². The molecule has 0 radical (unpaired) electrons. The average molecular weight is 280 g/mol. The number of hydrogen-bond donors (Lipinski definition) is 1. The zero-order valence-electron chi connectivity index (χ0n) is 11.1. The molecule has 1 fully saturated rings. The van der Waals surface area contributed by atoms with E-state index in [2.05, 4.69) is 41.4 Å². The fourth-order valence-corrected chi connectivity index (χ4v) is 3.84. The summed E-state index contributed by atoms with van der Waals surface area (Å²) in [6, 6.07) is 13.1. The van der Waals surface area contributed by atoms with Crippen LogP contribution < -0.4 is 5.73 Å². The quantitative estimate of drug-likeness (QED) is 0.773. The number of aromatic nitrogens is 1. The standard InChI is InChI=1S/C17H16N2S/c18-17(12-4-5-12)16-7-6-15(20-16)13-3-1-2-11-8-9-19-10-14(11)13/h1-3,6-10,12,17H,4-5,18H2. The zero-order valence-corrected chi connectivity index (χ0v) is 11.9. The minimum Gasteiger partial charge on any atom is -0.323 e. The van der Waals surface area contributed by atoms with Crippen LogP contribution >= 0.6 is 11.3 Å². The van der Waals surface area contributed by atoms with Gasteiger partial charge in [0.1, 0.15) is 0 Å². The van der Waals surface area contributed by atoms with E-state index in [0.717, 1.165) is 0 Å². The van der Waals surface area contributed by atoms with E-state index in [1.807, 2.05) is 23.7 Å². The lowest BCUT2D eigenvalue weighted by Crippen LogP contribution is -2.10. The van der Waals surface area contributed by atoms with Gasteiger partial charge in [-0.05, 0) is 42.3 Å². The predicted octanol–water partition coefficient (Wildman–Crippen LogP) is 4.37. The Hall–Kier alpha value is -1.71. The molecule has 0 saturated heterocycles. The van der Waals surface area contributed by atoms with Gasteiger partial charge in [0.15, 0.2) is 0 Å². The third-order valence-corrected chi connectivity index (χ3v) is 5.25. The molecule has 4 rings (SSSR count). The molecule has 20 heavy (non-hydrogen) atoms. The fourth-order valence-electron chi connectivity index (χ4n) is 2.69. The number of benzene rings is 1. The maximum absolute atomic E-state index is 6.30. The highest BCUT2D eigenvalue weighted by atomic mass is 32.1. The normalized spacial score (nSPS) is 16.4. The van der Waals surface area contributed by atoms with Crippen molar-refractivity contribution in [2.24, 2.45) is 11.7 Å². The number of fused-ring (bicyclic) bond motifs is 1. The first-order chi connectivity index (χ1) is 9.83. The molecule has 3 heteroatoms. The van der Waals surface area contributed by atoms with Gasteiger partial charge in [0.05, 0.1) is 0 Å². The van der Waals surface area contributed by atoms with Crippen LogP contribution in [-0.2, 0) is 0 Å². The molecule has 2 heterocycles. The Morgan fingerprint density at radius 2 is 2.05 bits per heavy atom. The number of rotatable bonds is 3. The number of pyridine rings is 1. The van der Waals surface area contributed by atoms with E-state index in [1.54, 1.807) is 0 Å². The molecule has 1 unspecified atom stereocenters. The Balaban J connectivity index is 1.79. The van der Waals surface area contributed by atoms with E-state index in [9.17, 15) is 0 Å². The molecule has 3 aromatic rings. The van der Waals surface area contributed by atoms with Gasteiger partial charge in [-0.15, -0.1) is 11.3 Å². The van der Waals surface area contributed by atoms with Crippen molar-refractivity contribution in [3.8, 4) is 10.4 Å². The smallest absolute Gasteiger partial charge is 0.0418 e. The highest BCUT2D eigenvalue weighted by molar-refractivity contribution is 7.15. The Bertz CT molecular complexity index is 753. The van der Waals surface area contributed by atoms with E-state index >= 15 is 0 Å². The Kier molecular flexibility index (Phi) is 2.83. The number of hydrogen-bond acceptors (Lipinski definition) is 3. The van der Waals surface area contributed by atoms with Crippen LogP contribution in [0.1, 0.15) is 23.8 Å². The Morgan fingerprint density at radius 3 is 2.90 bits per heavy atom. The van der Waals surface area contributed by atoms with Crippen molar-refractivity contribution in [1.29, 1.82) is 0 Å². The van der Waals surface area contributed by atoms with Crippen LogP contribution in [0.25, 0.3) is 21.2 Å². The lowest BCUT2D eigenvalue weighted by atomic mass is 10.1. The molecule has 1 atom stereocenters. The lowest BCUT2D eigenvalue weighted by molar-refractivity contribution is 0.645. The average Bonchev–Trinajstić information content (AvgIpc) is 3.23. The molecule has 100 valence electrons. The van der Waals surface area contributed by atoms with Crippen molar-refractivity contribution < 1.29 is 0 Å². The predicted molar refractivity (Wildman–Crippen MR) is 84.7 cm³/mol. The van der Waals surface area contributed by atoms with Crippen LogP contribution in [0, 0.1) is 5.92 Å². The second-order valence-corrected chi connectivity index (χ2v) is 6.58. The largest absolute Gasteiger partial charge is 0.323 e. The van der Waals surface area contributed by atoms with Gasteiger partial charge < -0.3 is 5.73 Å². The summed E-state index contributed by atoms with van der Waals surface area (Å²) in [4.78, 5) is 6.85. The van der Waals surface area contributed by atoms with Crippen molar-refractivity contribution in [2.45, 2.75) is 18.9 Å². The summed E-state index contributed by atoms with van der Waals surface area (Å²) in [6.07, 6.45) is 6.36. The van der Waals surface area contributed by atoms with E-state index in [0.29, 0.717) is 5.92 Å². The lowest BCUT2D eigenvalue weighted by Gasteiger charge is -2.07. The summed E-state index contributed by atoms with van der Waals surface area (Å²) in [5, 5.41) is 2.45. The molecule has 1 aromatic carbocycles. The first kappa shape index (κ1) is 12.1. The molecule has 0 bridgehead atoms. The summed E-state index contributed by atoms with van der Waals surface area (Å²) in [5.41, 5.74) is 7.56. The minimum absolute atomic E-state index is 0.224. The molecular weight excluding hydrogens is 264 g/mol. The van der Waals surface area contributed by atoms with Crippen molar-refractivity contribution in [2.75, 3.05) is 0 Å². The Morgan fingerprint density at radius 1 is 1.15 bits per heavy atom. The van der Waals surface area contributed by atoms with Gasteiger partial charge in [-0.1, -0.05) is 18.2 Å². The maximum Gasteiger partial charge on any atom is 0.0418 e. The molecule has 0 amide bonds. The molecule has 1 aliphatic carbocycles. The van der Waals surface area contributed by atoms with E-state index < -0.39 is 0 Å². The van der Waals surface area contributed by atoms with E-state index in [1.165, 1.54) is 38.9 Å². The van der Waals surface area contributed by atoms with Gasteiger partial charge in [0.25, 0.3) is 0 Å². The zero-order chi connectivity index (χ0) is 13.5. The molecule has 0 aliphatic heterocycles. The van der Waals surface area contributed by atoms with E-state index in [-0.39, 0.29) is 6.04 Å². The summed E-state index contributed by atoms with van der Waals surface area (Å²) >= 11 is 1.82. The van der Waals surface area contributed by atoms with Crippen molar-refractivity contribution in [3.63, 3.8) is 0 Å². The van der Waals surface area contributed by atoms with Crippen LogP contribution in [0.3, 0.4) is 0 Å². The topological polar surface area (TPSA) is 38.9 Å². The SMILES string of the molecule is NC(c1ccc(-c2cccc3ccncc23)s1)C1CC1. The number of nitrogens with two attached hydrogens (primary N) is 1. The van der Waals surface area contributed by atoms with Gasteiger partial charge in [0, 0.05) is 39.1 Å². The Labute approximate surface area is 122 Å². The minimum atomic E-state index is 0.224. The molecule has 0 spiro atoms. The number of nitrogens with zero attached hydrogens (tertiary/aromatic N) is 1. The van der Waals surface area contributed by atoms with Crippen molar-refractivity contribution in [3.05, 3.63) is 53.7 Å². The maximum atomic E-state index is 6.30. The third kappa shape index (κ3) is 2.03. The first-order valence-corrected chi connectivity index (χ1v) is 7.83. The van der Waals surface area contributed by atoms with Gasteiger partial charge >= 0.3 is 0 Å². The summed E-state index contributed by atoms with van der Waals surface area (Å²) < 4.78 is 0. The van der Waals surface area contributed by atoms with Crippen LogP contribution in [0.15, 0.2) is 48.8 Å². The molecule has 2 nitrogen and oxygen atoms in total. The second kappa shape index (κ2) is 4.69. The van der Waals surface area contributed by atoms with Crippen LogP contribution in [0.4, 0.5) is 0 Å². The van der Waals surface area contributed by atoms with Crippen molar-refractivity contribution in [1.82, 2.24) is 4.98 Å². The molecule has 2 aromatic heterocycles. The highest BCUT2D eigenvalue weighted by Gasteiger charge is 2.30. The number of thiophene rings is 1. The first-order valence-electron chi connectivity index (χ1n) is 7.01. The molecule has 1 saturated carbocycles. The summed E-state index contributed by atoms with van der Waals surface area (Å²) in [5.74, 6) is 0.704. The molecule has 1 aliphatic rings. The van der Waals surface area contributed by atoms with Crippen LogP contribution in [0.2, 0.25) is 0 Å². The highest BCUT2D eigenvalue weighted by Crippen LogP contribution is 2.43. The van der Waals surface area contributed by atoms with Gasteiger partial charge in [-0.25, -0.2) is 0 Å². The third-order valence-electron chi connectivity index (χ3n) is 4.03. The van der Waals surface area contributed by atoms with Gasteiger partial charge in [0.2, 0.25) is 0 Å². The van der Waals surface area contributed by atoms with Crippen molar-refractivity contribution >= 4 is 22.1 Å². The van der Waals surface area contributed by atoms with E-state index in [4.69, 9.17) is 5.73 Å². The van der Waals surface area contributed by atoms with Gasteiger partial charge in [-0.2, -0.15) is 0 Å². The van der Waals surface area contributed by atoms with Gasteiger partial charge in [-0.3, -0.25) is 4.98 Å². The summed E-state index contributed by atoms with van der Waals surface area (Å²) in [6.45, 7) is 0.